The number of aryl methyl sites for hydroxylation is 1. The molecule has 1 aromatic rings. The molecule has 88 valence electrons. The summed E-state index contributed by atoms with van der Waals surface area (Å²) in [6.45, 7) is 3.62. The smallest absolute Gasteiger partial charge is 0.170 e. The summed E-state index contributed by atoms with van der Waals surface area (Å²) in [6.07, 6.45) is 1.24. The van der Waals surface area contributed by atoms with Crippen LogP contribution in [-0.2, 0) is 15.3 Å². The number of nitrogens with zero attached hydrogens (tertiary/aromatic N) is 1. The number of aldehydes is 1. The first-order valence-electron chi connectivity index (χ1n) is 5.09. The molecule has 1 unspecified atom stereocenters. The molecule has 2 heterocycles. The summed E-state index contributed by atoms with van der Waals surface area (Å²) in [7, 11) is -2.96. The van der Waals surface area contributed by atoms with Crippen LogP contribution >= 0.6 is 0 Å². The van der Waals surface area contributed by atoms with Gasteiger partial charge in [-0.3, -0.25) is 4.79 Å². The topological polar surface area (TPSA) is 79.9 Å². The third kappa shape index (κ3) is 1.77. The molecule has 0 radical (unpaired) electrons. The van der Waals surface area contributed by atoms with Crippen molar-refractivity contribution in [1.82, 2.24) is 9.97 Å². The number of H-pyrrole nitrogens is 1. The number of carbonyl (C=O) groups is 1. The molecule has 0 saturated carbocycles. The van der Waals surface area contributed by atoms with Crippen LogP contribution in [0.25, 0.3) is 0 Å². The maximum Gasteiger partial charge on any atom is 0.170 e. The minimum absolute atomic E-state index is 0.102. The van der Waals surface area contributed by atoms with Gasteiger partial charge in [-0.05, 0) is 13.3 Å². The highest BCUT2D eigenvalue weighted by atomic mass is 32.2. The lowest BCUT2D eigenvalue weighted by Gasteiger charge is -2.18. The first-order chi connectivity index (χ1) is 7.36. The van der Waals surface area contributed by atoms with Gasteiger partial charge < -0.3 is 4.98 Å². The number of aromatic nitrogens is 2. The molecule has 0 amide bonds. The normalized spacial score (nSPS) is 28.1. The first-order valence-corrected chi connectivity index (χ1v) is 6.91. The molecule has 0 spiro atoms. The molecule has 6 heteroatoms. The monoisotopic (exact) mass is 242 g/mol. The van der Waals surface area contributed by atoms with Crippen LogP contribution in [0.15, 0.2) is 0 Å². The van der Waals surface area contributed by atoms with Crippen molar-refractivity contribution in [2.45, 2.75) is 25.7 Å². The zero-order valence-electron chi connectivity index (χ0n) is 9.28. The highest BCUT2D eigenvalue weighted by molar-refractivity contribution is 7.91. The summed E-state index contributed by atoms with van der Waals surface area (Å²) >= 11 is 0. The number of hydrogen-bond acceptors (Lipinski definition) is 4. The van der Waals surface area contributed by atoms with Gasteiger partial charge in [0.15, 0.2) is 16.1 Å². The molecule has 1 aliphatic rings. The Labute approximate surface area is 94.2 Å². The van der Waals surface area contributed by atoms with Crippen molar-refractivity contribution in [2.75, 3.05) is 11.5 Å². The quantitative estimate of drug-likeness (QED) is 0.770. The lowest BCUT2D eigenvalue weighted by Crippen LogP contribution is -2.25. The van der Waals surface area contributed by atoms with E-state index < -0.39 is 15.3 Å². The molecular weight excluding hydrogens is 228 g/mol. The van der Waals surface area contributed by atoms with Gasteiger partial charge in [-0.15, -0.1) is 0 Å². The van der Waals surface area contributed by atoms with Crippen molar-refractivity contribution >= 4 is 16.1 Å². The van der Waals surface area contributed by atoms with Crippen molar-refractivity contribution < 1.29 is 13.2 Å². The summed E-state index contributed by atoms with van der Waals surface area (Å²) in [4.78, 5) is 17.9. The first kappa shape index (κ1) is 11.3. The maximum absolute atomic E-state index is 11.5. The van der Waals surface area contributed by atoms with Crippen LogP contribution in [0, 0.1) is 6.92 Å². The molecule has 5 nitrogen and oxygen atoms in total. The molecular formula is C10H14N2O3S. The molecule has 0 aliphatic carbocycles. The van der Waals surface area contributed by atoms with Crippen LogP contribution < -0.4 is 0 Å². The van der Waals surface area contributed by atoms with Crippen LogP contribution in [0.4, 0.5) is 0 Å². The average Bonchev–Trinajstić information content (AvgIpc) is 2.68. The van der Waals surface area contributed by atoms with Crippen LogP contribution in [-0.4, -0.2) is 36.2 Å². The van der Waals surface area contributed by atoms with Crippen molar-refractivity contribution in [1.29, 1.82) is 0 Å². The Kier molecular flexibility index (Phi) is 2.41. The van der Waals surface area contributed by atoms with Gasteiger partial charge in [-0.25, -0.2) is 13.4 Å². The van der Waals surface area contributed by atoms with Gasteiger partial charge in [0.25, 0.3) is 0 Å². The van der Waals surface area contributed by atoms with E-state index in [4.69, 9.17) is 0 Å². The van der Waals surface area contributed by atoms with Gasteiger partial charge in [0.2, 0.25) is 0 Å². The Balaban J connectivity index is 2.41. The average molecular weight is 242 g/mol. The van der Waals surface area contributed by atoms with Gasteiger partial charge >= 0.3 is 0 Å². The van der Waals surface area contributed by atoms with E-state index in [0.717, 1.165) is 0 Å². The summed E-state index contributed by atoms with van der Waals surface area (Å²) < 4.78 is 22.9. The molecule has 1 aliphatic heterocycles. The highest BCUT2D eigenvalue weighted by Crippen LogP contribution is 2.34. The van der Waals surface area contributed by atoms with E-state index in [9.17, 15) is 13.2 Å². The van der Waals surface area contributed by atoms with Crippen molar-refractivity contribution in [3.8, 4) is 0 Å². The number of hydrogen-bond donors (Lipinski definition) is 1. The lowest BCUT2D eigenvalue weighted by atomic mass is 9.89. The van der Waals surface area contributed by atoms with Gasteiger partial charge in [0.1, 0.15) is 11.5 Å². The third-order valence-corrected chi connectivity index (χ3v) is 5.01. The number of aromatic amines is 1. The second-order valence-electron chi connectivity index (χ2n) is 4.62. The standard InChI is InChI=1S/C10H14N2O3S/c1-7-8(5-13)12-9(11-7)10(2)3-4-16(14,15)6-10/h5H,3-4,6H2,1-2H3,(H,11,12). The number of sulfone groups is 1. The molecule has 0 bridgehead atoms. The predicted molar refractivity (Wildman–Crippen MR) is 59.3 cm³/mol. The van der Waals surface area contributed by atoms with Crippen LogP contribution in [0.5, 0.6) is 0 Å². The molecule has 1 N–H and O–H groups in total. The van der Waals surface area contributed by atoms with E-state index in [1.807, 2.05) is 6.92 Å². The Hall–Kier alpha value is -1.17. The van der Waals surface area contributed by atoms with Gasteiger partial charge in [-0.1, -0.05) is 6.92 Å². The summed E-state index contributed by atoms with van der Waals surface area (Å²) in [5, 5.41) is 0. The van der Waals surface area contributed by atoms with Crippen molar-refractivity contribution in [3.05, 3.63) is 17.2 Å². The van der Waals surface area contributed by atoms with Gasteiger partial charge in [0.05, 0.1) is 11.5 Å². The van der Waals surface area contributed by atoms with Crippen LogP contribution in [0.1, 0.15) is 35.4 Å². The van der Waals surface area contributed by atoms with Crippen molar-refractivity contribution in [3.63, 3.8) is 0 Å². The predicted octanol–water partition coefficient (Wildman–Crippen LogP) is 0.607. The van der Waals surface area contributed by atoms with E-state index >= 15 is 0 Å². The largest absolute Gasteiger partial charge is 0.345 e. The van der Waals surface area contributed by atoms with Crippen LogP contribution in [0.3, 0.4) is 0 Å². The zero-order chi connectivity index (χ0) is 12.0. The molecule has 2 rings (SSSR count). The molecule has 1 atom stereocenters. The fourth-order valence-corrected chi connectivity index (χ4v) is 4.23. The maximum atomic E-state index is 11.5. The summed E-state index contributed by atoms with van der Waals surface area (Å²) in [5.74, 6) is 0.901. The fourth-order valence-electron chi connectivity index (χ4n) is 2.07. The number of imidazole rings is 1. The Morgan fingerprint density at radius 2 is 2.19 bits per heavy atom. The SMILES string of the molecule is Cc1[nH]c(C2(C)CCS(=O)(=O)C2)nc1C=O. The second kappa shape index (κ2) is 3.41. The van der Waals surface area contributed by atoms with E-state index in [1.54, 1.807) is 6.92 Å². The van der Waals surface area contributed by atoms with Crippen LogP contribution in [0.2, 0.25) is 0 Å². The fraction of sp³-hybridized carbons (Fsp3) is 0.600. The Morgan fingerprint density at radius 1 is 1.50 bits per heavy atom. The molecule has 1 saturated heterocycles. The third-order valence-electron chi connectivity index (χ3n) is 3.11. The summed E-state index contributed by atoms with van der Waals surface area (Å²) in [5.41, 5.74) is 0.571. The molecule has 16 heavy (non-hydrogen) atoms. The lowest BCUT2D eigenvalue weighted by molar-refractivity contribution is 0.111. The highest BCUT2D eigenvalue weighted by Gasteiger charge is 2.42. The van der Waals surface area contributed by atoms with Gasteiger partial charge in [-0.2, -0.15) is 0 Å². The van der Waals surface area contributed by atoms with E-state index in [-0.39, 0.29) is 11.5 Å². The van der Waals surface area contributed by atoms with E-state index in [0.29, 0.717) is 29.9 Å². The van der Waals surface area contributed by atoms with Gasteiger partial charge in [0, 0.05) is 11.1 Å². The minimum Gasteiger partial charge on any atom is -0.345 e. The molecule has 0 aromatic carbocycles. The second-order valence-corrected chi connectivity index (χ2v) is 6.80. The Bertz CT molecular complexity index is 532. The number of nitrogens with one attached hydrogen (secondary N) is 1. The molecule has 1 aromatic heterocycles. The zero-order valence-corrected chi connectivity index (χ0v) is 10.1. The number of rotatable bonds is 2. The molecule has 1 fully saturated rings. The Morgan fingerprint density at radius 3 is 2.62 bits per heavy atom. The minimum atomic E-state index is -2.96. The number of carbonyl (C=O) groups excluding carboxylic acids is 1. The van der Waals surface area contributed by atoms with Crippen molar-refractivity contribution in [2.24, 2.45) is 0 Å². The van der Waals surface area contributed by atoms with E-state index in [2.05, 4.69) is 9.97 Å². The summed E-state index contributed by atoms with van der Waals surface area (Å²) in [6, 6.07) is 0. The van der Waals surface area contributed by atoms with E-state index in [1.165, 1.54) is 0 Å².